The van der Waals surface area contributed by atoms with Gasteiger partial charge in [0.05, 0.1) is 19.8 Å². The molecule has 128 valence electrons. The van der Waals surface area contributed by atoms with Gasteiger partial charge in [-0.15, -0.1) is 0 Å². The maximum Gasteiger partial charge on any atom is 0.191 e. The van der Waals surface area contributed by atoms with Gasteiger partial charge < -0.3 is 15.4 Å². The molecule has 2 aromatic rings. The van der Waals surface area contributed by atoms with Crippen LogP contribution in [0.2, 0.25) is 0 Å². The van der Waals surface area contributed by atoms with E-state index in [1.54, 1.807) is 6.07 Å². The summed E-state index contributed by atoms with van der Waals surface area (Å²) in [6, 6.07) is 16.5. The van der Waals surface area contributed by atoms with Gasteiger partial charge in [0.1, 0.15) is 5.82 Å². The number of aliphatic imine (C=N–C) groups is 1. The number of benzene rings is 2. The molecule has 0 aliphatic rings. The van der Waals surface area contributed by atoms with Crippen molar-refractivity contribution >= 4 is 5.96 Å². The molecule has 0 aliphatic heterocycles. The molecule has 0 saturated carbocycles. The van der Waals surface area contributed by atoms with Gasteiger partial charge in [-0.1, -0.05) is 42.5 Å². The van der Waals surface area contributed by atoms with Crippen LogP contribution in [-0.2, 0) is 17.9 Å². The van der Waals surface area contributed by atoms with Gasteiger partial charge in [-0.25, -0.2) is 9.38 Å². The smallest absolute Gasteiger partial charge is 0.191 e. The van der Waals surface area contributed by atoms with Gasteiger partial charge in [0.15, 0.2) is 5.96 Å². The Morgan fingerprint density at radius 2 is 1.83 bits per heavy atom. The van der Waals surface area contributed by atoms with Crippen molar-refractivity contribution in [1.29, 1.82) is 0 Å². The van der Waals surface area contributed by atoms with Gasteiger partial charge >= 0.3 is 0 Å². The monoisotopic (exact) mass is 329 g/mol. The summed E-state index contributed by atoms with van der Waals surface area (Å²) in [4.78, 5) is 4.45. The number of halogens is 1. The van der Waals surface area contributed by atoms with Gasteiger partial charge in [-0.3, -0.25) is 0 Å². The molecular weight excluding hydrogens is 305 g/mol. The number of rotatable bonds is 8. The minimum absolute atomic E-state index is 0.241. The molecule has 0 bridgehead atoms. The summed E-state index contributed by atoms with van der Waals surface area (Å²) in [7, 11) is 0. The molecule has 0 heterocycles. The third-order valence-electron chi connectivity index (χ3n) is 3.30. The summed E-state index contributed by atoms with van der Waals surface area (Å²) in [5.41, 5.74) is 2.00. The van der Waals surface area contributed by atoms with E-state index in [9.17, 15) is 4.39 Å². The first-order valence-electron chi connectivity index (χ1n) is 8.16. The standard InChI is InChI=1S/C19H24FN3O/c1-2-21-19(23-14-17-9-6-10-18(20)13-17)22-11-12-24-15-16-7-4-3-5-8-16/h3-10,13H,2,11-12,14-15H2,1H3,(H2,21,22,23). The number of nitrogens with one attached hydrogen (secondary N) is 2. The highest BCUT2D eigenvalue weighted by Crippen LogP contribution is 2.04. The summed E-state index contributed by atoms with van der Waals surface area (Å²) < 4.78 is 18.8. The Labute approximate surface area is 142 Å². The Bertz CT molecular complexity index is 632. The van der Waals surface area contributed by atoms with Crippen LogP contribution in [0.5, 0.6) is 0 Å². The molecule has 0 aliphatic carbocycles. The first kappa shape index (κ1) is 17.9. The topological polar surface area (TPSA) is 45.7 Å². The van der Waals surface area contributed by atoms with Crippen molar-refractivity contribution in [3.8, 4) is 0 Å². The molecule has 2 rings (SSSR count). The number of hydrogen-bond acceptors (Lipinski definition) is 2. The van der Waals surface area contributed by atoms with Gasteiger partial charge in [-0.2, -0.15) is 0 Å². The SMILES string of the molecule is CCNC(=NCc1cccc(F)c1)NCCOCc1ccccc1. The van der Waals surface area contributed by atoms with Gasteiger partial charge in [0, 0.05) is 13.1 Å². The molecule has 0 radical (unpaired) electrons. The summed E-state index contributed by atoms with van der Waals surface area (Å²) in [5, 5.41) is 6.38. The second kappa shape index (κ2) is 10.4. The predicted octanol–water partition coefficient (Wildman–Crippen LogP) is 3.10. The molecule has 2 N–H and O–H groups in total. The van der Waals surface area contributed by atoms with E-state index in [2.05, 4.69) is 15.6 Å². The summed E-state index contributed by atoms with van der Waals surface area (Å²) >= 11 is 0. The Balaban J connectivity index is 1.73. The summed E-state index contributed by atoms with van der Waals surface area (Å²) in [6.45, 7) is 5.03. The predicted molar refractivity (Wildman–Crippen MR) is 95.3 cm³/mol. The van der Waals surface area contributed by atoms with E-state index >= 15 is 0 Å². The lowest BCUT2D eigenvalue weighted by atomic mass is 10.2. The van der Waals surface area contributed by atoms with E-state index in [-0.39, 0.29) is 5.82 Å². The average molecular weight is 329 g/mol. The van der Waals surface area contributed by atoms with Gasteiger partial charge in [-0.05, 0) is 30.2 Å². The normalized spacial score (nSPS) is 11.3. The molecule has 0 atom stereocenters. The second-order valence-corrected chi connectivity index (χ2v) is 5.29. The molecule has 0 unspecified atom stereocenters. The zero-order chi connectivity index (χ0) is 17.0. The lowest BCUT2D eigenvalue weighted by molar-refractivity contribution is 0.125. The van der Waals surface area contributed by atoms with Crippen LogP contribution < -0.4 is 10.6 Å². The Morgan fingerprint density at radius 1 is 1.04 bits per heavy atom. The van der Waals surface area contributed by atoms with Crippen LogP contribution in [0.3, 0.4) is 0 Å². The highest BCUT2D eigenvalue weighted by atomic mass is 19.1. The van der Waals surface area contributed by atoms with Crippen LogP contribution in [0.15, 0.2) is 59.6 Å². The average Bonchev–Trinajstić information content (AvgIpc) is 2.60. The van der Waals surface area contributed by atoms with Crippen LogP contribution >= 0.6 is 0 Å². The molecule has 0 amide bonds. The first-order valence-corrected chi connectivity index (χ1v) is 8.16. The Morgan fingerprint density at radius 3 is 2.58 bits per heavy atom. The molecule has 0 aromatic heterocycles. The largest absolute Gasteiger partial charge is 0.375 e. The van der Waals surface area contributed by atoms with E-state index < -0.39 is 0 Å². The Kier molecular flexibility index (Phi) is 7.77. The second-order valence-electron chi connectivity index (χ2n) is 5.29. The van der Waals surface area contributed by atoms with Crippen LogP contribution in [0.25, 0.3) is 0 Å². The summed E-state index contributed by atoms with van der Waals surface area (Å²) in [5.74, 6) is 0.458. The van der Waals surface area contributed by atoms with Crippen molar-refractivity contribution in [3.05, 3.63) is 71.5 Å². The quantitative estimate of drug-likeness (QED) is 0.444. The molecule has 2 aromatic carbocycles. The summed E-state index contributed by atoms with van der Waals surface area (Å²) in [6.07, 6.45) is 0. The number of ether oxygens (including phenoxy) is 1. The van der Waals surface area contributed by atoms with Crippen molar-refractivity contribution in [2.75, 3.05) is 19.7 Å². The van der Waals surface area contributed by atoms with Crippen LogP contribution in [-0.4, -0.2) is 25.7 Å². The minimum atomic E-state index is -0.241. The van der Waals surface area contributed by atoms with Crippen molar-refractivity contribution in [1.82, 2.24) is 10.6 Å². The first-order chi connectivity index (χ1) is 11.8. The van der Waals surface area contributed by atoms with Crippen molar-refractivity contribution in [2.24, 2.45) is 4.99 Å². The number of hydrogen-bond donors (Lipinski definition) is 2. The minimum Gasteiger partial charge on any atom is -0.375 e. The number of nitrogens with zero attached hydrogens (tertiary/aromatic N) is 1. The lowest BCUT2D eigenvalue weighted by Crippen LogP contribution is -2.38. The fourth-order valence-electron chi connectivity index (χ4n) is 2.15. The van der Waals surface area contributed by atoms with E-state index in [1.165, 1.54) is 12.1 Å². The zero-order valence-corrected chi connectivity index (χ0v) is 14.0. The third-order valence-corrected chi connectivity index (χ3v) is 3.30. The molecule has 0 fully saturated rings. The maximum atomic E-state index is 13.2. The molecule has 5 heteroatoms. The van der Waals surface area contributed by atoms with Crippen molar-refractivity contribution < 1.29 is 9.13 Å². The molecule has 4 nitrogen and oxygen atoms in total. The molecule has 0 saturated heterocycles. The maximum absolute atomic E-state index is 13.2. The van der Waals surface area contributed by atoms with E-state index in [4.69, 9.17) is 4.74 Å². The molecular formula is C19H24FN3O. The molecule has 24 heavy (non-hydrogen) atoms. The highest BCUT2D eigenvalue weighted by molar-refractivity contribution is 5.79. The van der Waals surface area contributed by atoms with Crippen molar-refractivity contribution in [3.63, 3.8) is 0 Å². The van der Waals surface area contributed by atoms with Gasteiger partial charge in [0.25, 0.3) is 0 Å². The van der Waals surface area contributed by atoms with Crippen LogP contribution in [0.1, 0.15) is 18.1 Å². The zero-order valence-electron chi connectivity index (χ0n) is 14.0. The third kappa shape index (κ3) is 6.79. The lowest BCUT2D eigenvalue weighted by Gasteiger charge is -2.11. The van der Waals surface area contributed by atoms with E-state index in [0.717, 1.165) is 17.7 Å². The fourth-order valence-corrected chi connectivity index (χ4v) is 2.15. The van der Waals surface area contributed by atoms with Crippen molar-refractivity contribution in [2.45, 2.75) is 20.1 Å². The Hall–Kier alpha value is -2.40. The van der Waals surface area contributed by atoms with E-state index in [0.29, 0.717) is 32.3 Å². The fraction of sp³-hybridized carbons (Fsp3) is 0.316. The molecule has 0 spiro atoms. The van der Waals surface area contributed by atoms with Gasteiger partial charge in [0.2, 0.25) is 0 Å². The van der Waals surface area contributed by atoms with Crippen LogP contribution in [0.4, 0.5) is 4.39 Å². The number of guanidine groups is 1. The van der Waals surface area contributed by atoms with Crippen LogP contribution in [0, 0.1) is 5.82 Å². The highest BCUT2D eigenvalue weighted by Gasteiger charge is 1.99. The van der Waals surface area contributed by atoms with E-state index in [1.807, 2.05) is 43.3 Å².